The summed E-state index contributed by atoms with van der Waals surface area (Å²) in [5, 5.41) is 9.48. The van der Waals surface area contributed by atoms with Crippen LogP contribution in [0.2, 0.25) is 0 Å². The zero-order valence-electron chi connectivity index (χ0n) is 17.8. The Hall–Kier alpha value is -1.90. The number of rotatable bonds is 7. The van der Waals surface area contributed by atoms with Gasteiger partial charge in [-0.25, -0.2) is 9.37 Å². The molecule has 1 aromatic carbocycles. The third kappa shape index (κ3) is 4.38. The van der Waals surface area contributed by atoms with Crippen molar-refractivity contribution in [3.8, 4) is 11.6 Å². The smallest absolute Gasteiger partial charge is 0.202 e. The van der Waals surface area contributed by atoms with E-state index in [1.165, 1.54) is 37.9 Å². The first kappa shape index (κ1) is 22.3. The Balaban J connectivity index is 0.00000231. The van der Waals surface area contributed by atoms with Crippen LogP contribution in [0.25, 0.3) is 11.6 Å². The van der Waals surface area contributed by atoms with Crippen molar-refractivity contribution in [3.05, 3.63) is 47.7 Å². The molecule has 2 fully saturated rings. The van der Waals surface area contributed by atoms with Crippen LogP contribution in [0.3, 0.4) is 0 Å². The maximum absolute atomic E-state index is 13.2. The third-order valence-electron chi connectivity index (χ3n) is 6.56. The highest BCUT2D eigenvalue weighted by Crippen LogP contribution is 2.64. The van der Waals surface area contributed by atoms with E-state index in [4.69, 9.17) is 4.42 Å². The molecule has 1 aliphatic carbocycles. The lowest BCUT2D eigenvalue weighted by atomic mass is 9.98. The van der Waals surface area contributed by atoms with Gasteiger partial charge in [0.25, 0.3) is 0 Å². The standard InChI is InChI=1S/C22H26FN5OS.ClH/c1-15-19(29-14-24-15)20-25-26-21(27(20)2)30-11-3-9-28-10-8-22(13-28)12-18(22)16-4-6-17(23)7-5-16;/h4-7,14,18H,3,8-13H2,1-2H3;1H/t18-,22-;/m0./s1. The second kappa shape index (κ2) is 8.92. The van der Waals surface area contributed by atoms with Gasteiger partial charge >= 0.3 is 0 Å². The Morgan fingerprint density at radius 2 is 2.06 bits per heavy atom. The zero-order valence-corrected chi connectivity index (χ0v) is 19.4. The van der Waals surface area contributed by atoms with E-state index in [9.17, 15) is 4.39 Å². The lowest BCUT2D eigenvalue weighted by molar-refractivity contribution is 0.319. The Labute approximate surface area is 192 Å². The molecule has 166 valence electrons. The molecule has 31 heavy (non-hydrogen) atoms. The second-order valence-electron chi connectivity index (χ2n) is 8.53. The molecule has 1 aliphatic heterocycles. The van der Waals surface area contributed by atoms with E-state index in [0.717, 1.165) is 35.4 Å². The zero-order chi connectivity index (χ0) is 20.7. The first-order valence-electron chi connectivity index (χ1n) is 10.5. The number of thioether (sulfide) groups is 1. The van der Waals surface area contributed by atoms with E-state index >= 15 is 0 Å². The molecule has 6 nitrogen and oxygen atoms in total. The van der Waals surface area contributed by atoms with Crippen LogP contribution in [0.15, 0.2) is 40.2 Å². The van der Waals surface area contributed by atoms with Crippen LogP contribution in [0.5, 0.6) is 0 Å². The largest absolute Gasteiger partial charge is 0.440 e. The van der Waals surface area contributed by atoms with Crippen LogP contribution in [0.4, 0.5) is 4.39 Å². The number of hydrogen-bond acceptors (Lipinski definition) is 6. The van der Waals surface area contributed by atoms with Crippen molar-refractivity contribution in [1.29, 1.82) is 0 Å². The van der Waals surface area contributed by atoms with Crippen molar-refractivity contribution in [3.63, 3.8) is 0 Å². The van der Waals surface area contributed by atoms with Crippen LogP contribution < -0.4 is 0 Å². The monoisotopic (exact) mass is 463 g/mol. The van der Waals surface area contributed by atoms with E-state index in [1.54, 1.807) is 23.9 Å². The molecule has 1 spiro atoms. The molecule has 0 radical (unpaired) electrons. The van der Waals surface area contributed by atoms with Crippen LogP contribution in [0.1, 0.15) is 36.4 Å². The summed E-state index contributed by atoms with van der Waals surface area (Å²) < 4.78 is 20.6. The van der Waals surface area contributed by atoms with Crippen LogP contribution >= 0.6 is 24.2 Å². The summed E-state index contributed by atoms with van der Waals surface area (Å²) in [6.07, 6.45) is 5.05. The predicted octanol–water partition coefficient (Wildman–Crippen LogP) is 4.70. The molecule has 5 rings (SSSR count). The molecule has 1 saturated carbocycles. The number of aryl methyl sites for hydroxylation is 1. The van der Waals surface area contributed by atoms with Crippen molar-refractivity contribution >= 4 is 24.2 Å². The highest BCUT2D eigenvalue weighted by molar-refractivity contribution is 7.99. The summed E-state index contributed by atoms with van der Waals surface area (Å²) in [6.45, 7) is 5.35. The molecule has 2 aromatic heterocycles. The number of nitrogens with zero attached hydrogens (tertiary/aromatic N) is 5. The van der Waals surface area contributed by atoms with Crippen molar-refractivity contribution < 1.29 is 8.81 Å². The van der Waals surface area contributed by atoms with Gasteiger partial charge in [0, 0.05) is 19.3 Å². The van der Waals surface area contributed by atoms with Crippen molar-refractivity contribution in [1.82, 2.24) is 24.6 Å². The fourth-order valence-electron chi connectivity index (χ4n) is 4.75. The van der Waals surface area contributed by atoms with Gasteiger partial charge in [0.1, 0.15) is 5.82 Å². The third-order valence-corrected chi connectivity index (χ3v) is 7.67. The quantitative estimate of drug-likeness (QED) is 0.374. The summed E-state index contributed by atoms with van der Waals surface area (Å²) in [7, 11) is 1.96. The minimum Gasteiger partial charge on any atom is -0.440 e. The van der Waals surface area contributed by atoms with Crippen LogP contribution in [-0.2, 0) is 7.05 Å². The minimum absolute atomic E-state index is 0. The summed E-state index contributed by atoms with van der Waals surface area (Å²) in [6, 6.07) is 7.10. The topological polar surface area (TPSA) is 60.0 Å². The Morgan fingerprint density at radius 3 is 2.81 bits per heavy atom. The fraction of sp³-hybridized carbons (Fsp3) is 0.500. The minimum atomic E-state index is -0.148. The summed E-state index contributed by atoms with van der Waals surface area (Å²) in [4.78, 5) is 6.72. The number of likely N-dealkylation sites (tertiary alicyclic amines) is 1. The predicted molar refractivity (Wildman–Crippen MR) is 121 cm³/mol. The molecule has 2 aliphatic rings. The highest BCUT2D eigenvalue weighted by Gasteiger charge is 2.57. The summed E-state index contributed by atoms with van der Waals surface area (Å²) >= 11 is 1.73. The maximum Gasteiger partial charge on any atom is 0.202 e. The average Bonchev–Trinajstić information content (AvgIpc) is 3.03. The Bertz CT molecular complexity index is 1040. The fourth-order valence-corrected chi connectivity index (χ4v) is 5.58. The van der Waals surface area contributed by atoms with E-state index in [1.807, 2.05) is 30.7 Å². The number of halogens is 2. The van der Waals surface area contributed by atoms with E-state index in [-0.39, 0.29) is 18.2 Å². The van der Waals surface area contributed by atoms with Gasteiger partial charge in [0.05, 0.1) is 5.69 Å². The summed E-state index contributed by atoms with van der Waals surface area (Å²) in [5.41, 5.74) is 2.55. The lowest BCUT2D eigenvalue weighted by Gasteiger charge is -2.16. The molecule has 3 aromatic rings. The van der Waals surface area contributed by atoms with Crippen molar-refractivity contribution in [2.45, 2.75) is 37.3 Å². The van der Waals surface area contributed by atoms with Crippen LogP contribution in [0, 0.1) is 18.2 Å². The van der Waals surface area contributed by atoms with Gasteiger partial charge in [0.2, 0.25) is 5.82 Å². The normalized spacial score (nSPS) is 22.7. The molecule has 1 saturated heterocycles. The molecule has 9 heteroatoms. The molecule has 0 bridgehead atoms. The number of aromatic nitrogens is 4. The molecular weight excluding hydrogens is 437 g/mol. The van der Waals surface area contributed by atoms with E-state index < -0.39 is 0 Å². The van der Waals surface area contributed by atoms with Crippen LogP contribution in [-0.4, -0.2) is 50.0 Å². The number of benzene rings is 1. The number of hydrogen-bond donors (Lipinski definition) is 0. The van der Waals surface area contributed by atoms with E-state index in [0.29, 0.717) is 17.1 Å². The Kier molecular flexibility index (Phi) is 6.42. The van der Waals surface area contributed by atoms with Gasteiger partial charge in [-0.3, -0.25) is 0 Å². The molecule has 0 amide bonds. The first-order chi connectivity index (χ1) is 14.6. The molecule has 3 heterocycles. The van der Waals surface area contributed by atoms with Gasteiger partial charge in [0.15, 0.2) is 17.3 Å². The van der Waals surface area contributed by atoms with Gasteiger partial charge in [-0.15, -0.1) is 22.6 Å². The average molecular weight is 464 g/mol. The lowest BCUT2D eigenvalue weighted by Crippen LogP contribution is -2.23. The van der Waals surface area contributed by atoms with E-state index in [2.05, 4.69) is 20.1 Å². The molecule has 0 unspecified atom stereocenters. The molecule has 2 atom stereocenters. The highest BCUT2D eigenvalue weighted by atomic mass is 35.5. The van der Waals surface area contributed by atoms with Crippen molar-refractivity contribution in [2.75, 3.05) is 25.4 Å². The van der Waals surface area contributed by atoms with Crippen molar-refractivity contribution in [2.24, 2.45) is 12.5 Å². The molecule has 0 N–H and O–H groups in total. The Morgan fingerprint density at radius 1 is 1.26 bits per heavy atom. The van der Waals surface area contributed by atoms with Gasteiger partial charge in [-0.05, 0) is 68.3 Å². The van der Waals surface area contributed by atoms with Gasteiger partial charge in [-0.2, -0.15) is 0 Å². The second-order valence-corrected chi connectivity index (χ2v) is 9.59. The SMILES string of the molecule is Cc1ncoc1-c1nnc(SCCCN2CC[C@]3(C[C@H]3c3ccc(F)cc3)C2)n1C.Cl. The molecular formula is C22H27ClFN5OS. The first-order valence-corrected chi connectivity index (χ1v) is 11.4. The van der Waals surface area contributed by atoms with Gasteiger partial charge in [-0.1, -0.05) is 23.9 Å². The van der Waals surface area contributed by atoms with Gasteiger partial charge < -0.3 is 13.9 Å². The number of oxazole rings is 1. The summed E-state index contributed by atoms with van der Waals surface area (Å²) in [5.74, 6) is 2.86. The maximum atomic E-state index is 13.2.